The Morgan fingerprint density at radius 2 is 1.82 bits per heavy atom. The highest BCUT2D eigenvalue weighted by atomic mass is 32.2. The summed E-state index contributed by atoms with van der Waals surface area (Å²) in [6, 6.07) is 14.6. The number of anilines is 1. The van der Waals surface area contributed by atoms with Crippen molar-refractivity contribution in [3.05, 3.63) is 65.7 Å². The fourth-order valence-electron chi connectivity index (χ4n) is 4.12. The van der Waals surface area contributed by atoms with E-state index in [4.69, 9.17) is 0 Å². The van der Waals surface area contributed by atoms with Crippen LogP contribution in [0.2, 0.25) is 0 Å². The van der Waals surface area contributed by atoms with E-state index < -0.39 is 0 Å². The first-order chi connectivity index (χ1) is 16.0. The summed E-state index contributed by atoms with van der Waals surface area (Å²) < 4.78 is 15.2. The maximum Gasteiger partial charge on any atom is 0.230 e. The topological polar surface area (TPSA) is 71.8 Å². The molecule has 0 saturated heterocycles. The number of benzene rings is 2. The van der Waals surface area contributed by atoms with Crippen molar-refractivity contribution < 1.29 is 9.18 Å². The largest absolute Gasteiger partial charge is 0.378 e. The third-order valence-electron chi connectivity index (χ3n) is 6.08. The van der Waals surface area contributed by atoms with E-state index in [1.807, 2.05) is 35.8 Å². The second kappa shape index (κ2) is 10.8. The quantitative estimate of drug-likeness (QED) is 0.450. The van der Waals surface area contributed by atoms with Crippen LogP contribution in [0.1, 0.15) is 44.0 Å². The Morgan fingerprint density at radius 1 is 1.09 bits per heavy atom. The molecule has 6 nitrogen and oxygen atoms in total. The van der Waals surface area contributed by atoms with Gasteiger partial charge in [-0.1, -0.05) is 49.2 Å². The van der Waals surface area contributed by atoms with Crippen molar-refractivity contribution in [2.24, 2.45) is 5.92 Å². The van der Waals surface area contributed by atoms with Gasteiger partial charge >= 0.3 is 0 Å². The van der Waals surface area contributed by atoms with Crippen LogP contribution in [0, 0.1) is 18.7 Å². The first kappa shape index (κ1) is 23.3. The molecule has 2 aromatic carbocycles. The van der Waals surface area contributed by atoms with Gasteiger partial charge in [0, 0.05) is 17.4 Å². The average Bonchev–Trinajstić information content (AvgIpc) is 3.22. The van der Waals surface area contributed by atoms with Gasteiger partial charge in [0.2, 0.25) is 5.91 Å². The van der Waals surface area contributed by atoms with E-state index in [0.29, 0.717) is 29.2 Å². The van der Waals surface area contributed by atoms with Crippen LogP contribution >= 0.6 is 11.8 Å². The molecule has 8 heteroatoms. The molecule has 1 amide bonds. The van der Waals surface area contributed by atoms with Gasteiger partial charge in [0.25, 0.3) is 0 Å². The summed E-state index contributed by atoms with van der Waals surface area (Å²) in [6.07, 6.45) is 4.64. The lowest BCUT2D eigenvalue weighted by molar-refractivity contribution is -0.119. The van der Waals surface area contributed by atoms with Crippen LogP contribution in [-0.2, 0) is 11.3 Å². The van der Waals surface area contributed by atoms with Gasteiger partial charge < -0.3 is 10.6 Å². The molecule has 1 aromatic heterocycles. The van der Waals surface area contributed by atoms with Crippen LogP contribution in [0.25, 0.3) is 5.69 Å². The number of aryl methyl sites for hydroxylation is 1. The molecule has 0 spiro atoms. The van der Waals surface area contributed by atoms with E-state index in [1.54, 1.807) is 12.1 Å². The third-order valence-corrected chi connectivity index (χ3v) is 7.01. The zero-order valence-electron chi connectivity index (χ0n) is 19.1. The van der Waals surface area contributed by atoms with E-state index in [-0.39, 0.29) is 17.8 Å². The lowest BCUT2D eigenvalue weighted by atomic mass is 9.86. The highest BCUT2D eigenvalue weighted by Gasteiger charge is 2.23. The number of carbonyl (C=O) groups excluding carboxylic acids is 1. The maximum absolute atomic E-state index is 13.2. The van der Waals surface area contributed by atoms with E-state index >= 15 is 0 Å². The number of rotatable bonds is 8. The lowest BCUT2D eigenvalue weighted by Gasteiger charge is -2.29. The number of nitrogens with zero attached hydrogens (tertiary/aromatic N) is 3. The highest BCUT2D eigenvalue weighted by molar-refractivity contribution is 7.99. The minimum atomic E-state index is -0.275. The van der Waals surface area contributed by atoms with Gasteiger partial charge in [0.15, 0.2) is 11.0 Å². The van der Waals surface area contributed by atoms with Crippen LogP contribution in [-0.4, -0.2) is 32.5 Å². The number of halogens is 1. The number of thioether (sulfide) groups is 1. The molecule has 4 rings (SSSR count). The van der Waals surface area contributed by atoms with E-state index in [2.05, 4.69) is 27.8 Å². The Kier molecular flexibility index (Phi) is 7.65. The van der Waals surface area contributed by atoms with Crippen molar-refractivity contribution in [3.63, 3.8) is 0 Å². The maximum atomic E-state index is 13.2. The normalized spacial score (nSPS) is 18.2. The molecule has 3 aromatic rings. The number of aromatic nitrogens is 3. The van der Waals surface area contributed by atoms with E-state index in [0.717, 1.165) is 23.4 Å². The molecule has 1 fully saturated rings. The second-order valence-corrected chi connectivity index (χ2v) is 9.60. The van der Waals surface area contributed by atoms with Crippen LogP contribution < -0.4 is 10.6 Å². The minimum Gasteiger partial charge on any atom is -0.378 e. The number of nitrogens with one attached hydrogen (secondary N) is 2. The summed E-state index contributed by atoms with van der Waals surface area (Å²) in [5.41, 5.74) is 2.89. The van der Waals surface area contributed by atoms with Gasteiger partial charge in [-0.15, -0.1) is 10.2 Å². The number of carbonyl (C=O) groups is 1. The summed E-state index contributed by atoms with van der Waals surface area (Å²) in [6.45, 7) is 4.67. The molecule has 33 heavy (non-hydrogen) atoms. The second-order valence-electron chi connectivity index (χ2n) is 8.65. The molecule has 1 heterocycles. The molecule has 0 unspecified atom stereocenters. The van der Waals surface area contributed by atoms with Gasteiger partial charge in [-0.25, -0.2) is 4.39 Å². The summed E-state index contributed by atoms with van der Waals surface area (Å²) in [4.78, 5) is 12.6. The number of amides is 1. The zero-order valence-corrected chi connectivity index (χ0v) is 19.9. The highest BCUT2D eigenvalue weighted by Crippen LogP contribution is 2.25. The first-order valence-corrected chi connectivity index (χ1v) is 12.4. The molecule has 1 saturated carbocycles. The molecule has 0 aliphatic heterocycles. The van der Waals surface area contributed by atoms with E-state index in [1.165, 1.54) is 43.2 Å². The predicted molar refractivity (Wildman–Crippen MR) is 130 cm³/mol. The Labute approximate surface area is 198 Å². The lowest BCUT2D eigenvalue weighted by Crippen LogP contribution is -2.41. The van der Waals surface area contributed by atoms with Crippen LogP contribution in [0.5, 0.6) is 0 Å². The fourth-order valence-corrected chi connectivity index (χ4v) is 4.90. The average molecular weight is 468 g/mol. The molecule has 174 valence electrons. The summed E-state index contributed by atoms with van der Waals surface area (Å²) in [5.74, 6) is 1.28. The monoisotopic (exact) mass is 467 g/mol. The van der Waals surface area contributed by atoms with Crippen molar-refractivity contribution in [1.29, 1.82) is 0 Å². The Bertz CT molecular complexity index is 1070. The minimum absolute atomic E-state index is 0.0307. The van der Waals surface area contributed by atoms with Crippen molar-refractivity contribution in [2.45, 2.75) is 57.3 Å². The third kappa shape index (κ3) is 6.13. The van der Waals surface area contributed by atoms with Gasteiger partial charge in [-0.2, -0.15) is 0 Å². The smallest absolute Gasteiger partial charge is 0.230 e. The zero-order chi connectivity index (χ0) is 23.2. The number of hydrogen-bond donors (Lipinski definition) is 2. The van der Waals surface area contributed by atoms with Crippen LogP contribution in [0.4, 0.5) is 10.1 Å². The Hall–Kier alpha value is -2.87. The molecular formula is C25H30FN5OS. The standard InChI is InChI=1S/C25H30FN5OS/c1-17-7-13-21(14-8-17)31-23(15-27-20-11-9-19(26)10-12-20)29-30-25(31)33-16-24(32)28-22-6-4-3-5-18(22)2/h7-14,18,22,27H,3-6,15-16H2,1-2H3,(H,28,32)/t18-,22+/m0/s1. The molecule has 1 aliphatic carbocycles. The van der Waals surface area contributed by atoms with Gasteiger partial charge in [-0.3, -0.25) is 9.36 Å². The first-order valence-electron chi connectivity index (χ1n) is 11.4. The Balaban J connectivity index is 1.47. The fraction of sp³-hybridized carbons (Fsp3) is 0.400. The van der Waals surface area contributed by atoms with E-state index in [9.17, 15) is 9.18 Å². The van der Waals surface area contributed by atoms with Crippen molar-refractivity contribution in [3.8, 4) is 5.69 Å². The summed E-state index contributed by atoms with van der Waals surface area (Å²) >= 11 is 1.39. The van der Waals surface area contributed by atoms with Crippen LogP contribution in [0.15, 0.2) is 53.7 Å². The molecule has 2 N–H and O–H groups in total. The van der Waals surface area contributed by atoms with Gasteiger partial charge in [0.05, 0.1) is 12.3 Å². The molecule has 1 aliphatic rings. The molecule has 0 radical (unpaired) electrons. The SMILES string of the molecule is Cc1ccc(-n2c(CNc3ccc(F)cc3)nnc2SCC(=O)N[C@@H]2CCCC[C@@H]2C)cc1. The number of hydrogen-bond acceptors (Lipinski definition) is 5. The molecular weight excluding hydrogens is 437 g/mol. The molecule has 0 bridgehead atoms. The van der Waals surface area contributed by atoms with Gasteiger partial charge in [0.1, 0.15) is 5.82 Å². The van der Waals surface area contributed by atoms with Crippen LogP contribution in [0.3, 0.4) is 0 Å². The Morgan fingerprint density at radius 3 is 2.55 bits per heavy atom. The molecule has 2 atom stereocenters. The van der Waals surface area contributed by atoms with Crippen molar-refractivity contribution in [1.82, 2.24) is 20.1 Å². The van der Waals surface area contributed by atoms with Gasteiger partial charge in [-0.05, 0) is 62.1 Å². The summed E-state index contributed by atoms with van der Waals surface area (Å²) in [5, 5.41) is 15.9. The van der Waals surface area contributed by atoms with Crippen molar-refractivity contribution >= 4 is 23.4 Å². The van der Waals surface area contributed by atoms with Crippen molar-refractivity contribution in [2.75, 3.05) is 11.1 Å². The predicted octanol–water partition coefficient (Wildman–Crippen LogP) is 5.11. The summed E-state index contributed by atoms with van der Waals surface area (Å²) in [7, 11) is 0.